The lowest BCUT2D eigenvalue weighted by Crippen LogP contribution is -2.52. The van der Waals surface area contributed by atoms with Crippen molar-refractivity contribution in [2.45, 2.75) is 63.5 Å². The van der Waals surface area contributed by atoms with Gasteiger partial charge in [0.15, 0.2) is 0 Å². The molecular weight excluding hydrogens is 310 g/mol. The number of carboxylic acid groups (broad SMARTS) is 1. The predicted octanol–water partition coefficient (Wildman–Crippen LogP) is 1.43. The molecule has 1 unspecified atom stereocenters. The highest BCUT2D eigenvalue weighted by Gasteiger charge is 2.39. The van der Waals surface area contributed by atoms with E-state index in [0.29, 0.717) is 26.1 Å². The number of nitrogens with zero attached hydrogens (tertiary/aromatic N) is 2. The van der Waals surface area contributed by atoms with Crippen molar-refractivity contribution in [1.29, 1.82) is 0 Å². The Balaban J connectivity index is 1.57. The Bertz CT molecular complexity index is 504. The molecule has 0 radical (unpaired) electrons. The van der Waals surface area contributed by atoms with Crippen molar-refractivity contribution in [1.82, 2.24) is 15.1 Å². The van der Waals surface area contributed by atoms with Gasteiger partial charge < -0.3 is 20.2 Å². The fourth-order valence-electron chi connectivity index (χ4n) is 4.22. The zero-order valence-electron chi connectivity index (χ0n) is 14.1. The second-order valence-corrected chi connectivity index (χ2v) is 7.24. The van der Waals surface area contributed by atoms with E-state index in [1.54, 1.807) is 4.90 Å². The summed E-state index contributed by atoms with van der Waals surface area (Å²) in [5.74, 6) is -1.29. The molecule has 2 heterocycles. The van der Waals surface area contributed by atoms with Crippen molar-refractivity contribution >= 4 is 17.9 Å². The van der Waals surface area contributed by atoms with E-state index in [2.05, 4.69) is 5.32 Å². The molecule has 2 N–H and O–H groups in total. The largest absolute Gasteiger partial charge is 0.480 e. The third kappa shape index (κ3) is 3.65. The summed E-state index contributed by atoms with van der Waals surface area (Å²) in [5.41, 5.74) is 0. The van der Waals surface area contributed by atoms with E-state index in [9.17, 15) is 19.5 Å². The molecule has 0 aromatic rings. The van der Waals surface area contributed by atoms with Crippen LogP contribution < -0.4 is 5.32 Å². The van der Waals surface area contributed by atoms with Crippen LogP contribution in [0.15, 0.2) is 0 Å². The fourth-order valence-corrected chi connectivity index (χ4v) is 4.22. The molecule has 0 spiro atoms. The molecule has 2 saturated heterocycles. The van der Waals surface area contributed by atoms with Crippen LogP contribution in [-0.4, -0.2) is 64.5 Å². The predicted molar refractivity (Wildman–Crippen MR) is 87.5 cm³/mol. The number of carbonyl (C=O) groups is 3. The molecule has 3 rings (SSSR count). The van der Waals surface area contributed by atoms with E-state index in [0.717, 1.165) is 44.9 Å². The van der Waals surface area contributed by atoms with Crippen molar-refractivity contribution in [3.05, 3.63) is 0 Å². The second kappa shape index (κ2) is 7.40. The molecule has 134 valence electrons. The first-order valence-corrected chi connectivity index (χ1v) is 9.15. The number of carbonyl (C=O) groups excluding carboxylic acids is 2. The number of carboxylic acids is 1. The molecule has 3 aliphatic rings. The van der Waals surface area contributed by atoms with Gasteiger partial charge in [0.1, 0.15) is 6.04 Å². The lowest BCUT2D eigenvalue weighted by atomic mass is 9.96. The van der Waals surface area contributed by atoms with E-state index >= 15 is 0 Å². The van der Waals surface area contributed by atoms with E-state index in [4.69, 9.17) is 0 Å². The van der Waals surface area contributed by atoms with E-state index in [1.165, 1.54) is 4.90 Å². The van der Waals surface area contributed by atoms with Gasteiger partial charge in [-0.2, -0.15) is 0 Å². The highest BCUT2D eigenvalue weighted by Crippen LogP contribution is 2.25. The minimum absolute atomic E-state index is 0.0735. The molecule has 1 aliphatic carbocycles. The number of hydrogen-bond acceptors (Lipinski definition) is 3. The normalized spacial score (nSPS) is 28.2. The van der Waals surface area contributed by atoms with Crippen LogP contribution >= 0.6 is 0 Å². The van der Waals surface area contributed by atoms with Gasteiger partial charge in [-0.15, -0.1) is 0 Å². The van der Waals surface area contributed by atoms with Gasteiger partial charge in [0.05, 0.1) is 5.92 Å². The number of amides is 3. The van der Waals surface area contributed by atoms with Gasteiger partial charge in [0, 0.05) is 25.7 Å². The Morgan fingerprint density at radius 2 is 1.62 bits per heavy atom. The third-order valence-electron chi connectivity index (χ3n) is 5.56. The standard InChI is InChI=1S/C17H27N3O4/c21-15(20-10-4-8-14(20)16(22)23)12-5-3-9-19(11-12)17(24)18-13-6-1-2-7-13/h12-14H,1-11H2,(H,18,24)(H,22,23)/t12?,14-/m1/s1. The average molecular weight is 337 g/mol. The van der Waals surface area contributed by atoms with Gasteiger partial charge in [-0.1, -0.05) is 12.8 Å². The molecule has 7 heteroatoms. The van der Waals surface area contributed by atoms with Crippen molar-refractivity contribution in [3.8, 4) is 0 Å². The Labute approximate surface area is 142 Å². The quantitative estimate of drug-likeness (QED) is 0.815. The van der Waals surface area contributed by atoms with Crippen LogP contribution in [0.25, 0.3) is 0 Å². The SMILES string of the molecule is O=C(O)[C@H]1CCCN1C(=O)C1CCCN(C(=O)NC2CCCC2)C1. The second-order valence-electron chi connectivity index (χ2n) is 7.24. The molecule has 0 aromatic carbocycles. The summed E-state index contributed by atoms with van der Waals surface area (Å²) in [6.07, 6.45) is 7.19. The molecule has 0 bridgehead atoms. The van der Waals surface area contributed by atoms with Gasteiger partial charge >= 0.3 is 12.0 Å². The van der Waals surface area contributed by atoms with E-state index < -0.39 is 12.0 Å². The lowest BCUT2D eigenvalue weighted by Gasteiger charge is -2.35. The highest BCUT2D eigenvalue weighted by atomic mass is 16.4. The van der Waals surface area contributed by atoms with Gasteiger partial charge in [0.25, 0.3) is 0 Å². The van der Waals surface area contributed by atoms with Crippen LogP contribution in [0.2, 0.25) is 0 Å². The molecule has 0 aromatic heterocycles. The highest BCUT2D eigenvalue weighted by molar-refractivity contribution is 5.86. The van der Waals surface area contributed by atoms with Gasteiger partial charge in [-0.25, -0.2) is 9.59 Å². The minimum Gasteiger partial charge on any atom is -0.480 e. The summed E-state index contributed by atoms with van der Waals surface area (Å²) in [7, 11) is 0. The number of hydrogen-bond donors (Lipinski definition) is 2. The first-order valence-electron chi connectivity index (χ1n) is 9.15. The van der Waals surface area contributed by atoms with Crippen molar-refractivity contribution in [2.75, 3.05) is 19.6 Å². The van der Waals surface area contributed by atoms with Crippen LogP contribution in [-0.2, 0) is 9.59 Å². The van der Waals surface area contributed by atoms with Gasteiger partial charge in [-0.05, 0) is 38.5 Å². The Morgan fingerprint density at radius 3 is 2.33 bits per heavy atom. The zero-order chi connectivity index (χ0) is 17.1. The summed E-state index contributed by atoms with van der Waals surface area (Å²) in [6, 6.07) is -0.501. The minimum atomic E-state index is -0.924. The topological polar surface area (TPSA) is 90.0 Å². The van der Waals surface area contributed by atoms with Crippen LogP contribution in [0.5, 0.6) is 0 Å². The number of nitrogens with one attached hydrogen (secondary N) is 1. The maximum absolute atomic E-state index is 12.7. The van der Waals surface area contributed by atoms with Crippen LogP contribution in [0.1, 0.15) is 51.4 Å². The van der Waals surface area contributed by atoms with Crippen molar-refractivity contribution in [3.63, 3.8) is 0 Å². The fraction of sp³-hybridized carbons (Fsp3) is 0.824. The van der Waals surface area contributed by atoms with Crippen molar-refractivity contribution in [2.24, 2.45) is 5.92 Å². The maximum atomic E-state index is 12.7. The molecule has 7 nitrogen and oxygen atoms in total. The maximum Gasteiger partial charge on any atom is 0.326 e. The van der Waals surface area contributed by atoms with Crippen LogP contribution in [0.3, 0.4) is 0 Å². The monoisotopic (exact) mass is 337 g/mol. The number of piperidine rings is 1. The first-order chi connectivity index (χ1) is 11.6. The summed E-state index contributed by atoms with van der Waals surface area (Å²) in [4.78, 5) is 39.7. The lowest BCUT2D eigenvalue weighted by molar-refractivity contribution is -0.150. The Morgan fingerprint density at radius 1 is 0.917 bits per heavy atom. The zero-order valence-corrected chi connectivity index (χ0v) is 14.1. The van der Waals surface area contributed by atoms with E-state index in [-0.39, 0.29) is 23.9 Å². The van der Waals surface area contributed by atoms with Crippen LogP contribution in [0, 0.1) is 5.92 Å². The third-order valence-corrected chi connectivity index (χ3v) is 5.56. The van der Waals surface area contributed by atoms with Gasteiger partial charge in [0.2, 0.25) is 5.91 Å². The van der Waals surface area contributed by atoms with E-state index in [1.807, 2.05) is 0 Å². The molecule has 1 saturated carbocycles. The number of likely N-dealkylation sites (tertiary alicyclic amines) is 2. The summed E-state index contributed by atoms with van der Waals surface area (Å²) in [5, 5.41) is 12.3. The molecule has 2 aliphatic heterocycles. The molecule has 3 fully saturated rings. The summed E-state index contributed by atoms with van der Waals surface area (Å²) < 4.78 is 0. The smallest absolute Gasteiger partial charge is 0.326 e. The number of urea groups is 1. The molecule has 3 amide bonds. The molecular formula is C17H27N3O4. The molecule has 24 heavy (non-hydrogen) atoms. The Kier molecular flexibility index (Phi) is 5.26. The molecule has 2 atom stereocenters. The number of aliphatic carboxylic acids is 1. The average Bonchev–Trinajstić information content (AvgIpc) is 3.25. The van der Waals surface area contributed by atoms with Crippen molar-refractivity contribution < 1.29 is 19.5 Å². The van der Waals surface area contributed by atoms with Gasteiger partial charge in [-0.3, -0.25) is 4.79 Å². The first kappa shape index (κ1) is 17.0. The van der Waals surface area contributed by atoms with Crippen LogP contribution in [0.4, 0.5) is 4.79 Å². The Hall–Kier alpha value is -1.79. The summed E-state index contributed by atoms with van der Waals surface area (Å²) >= 11 is 0. The number of rotatable bonds is 3. The summed E-state index contributed by atoms with van der Waals surface area (Å²) in [6.45, 7) is 1.59.